The first-order valence-electron chi connectivity index (χ1n) is 9.21. The Balaban J connectivity index is 1.86. The zero-order valence-corrected chi connectivity index (χ0v) is 17.0. The predicted molar refractivity (Wildman–Crippen MR) is 111 cm³/mol. The summed E-state index contributed by atoms with van der Waals surface area (Å²) in [6.45, 7) is 2.14. The Hall–Kier alpha value is -3.28. The van der Waals surface area contributed by atoms with Crippen LogP contribution in [-0.2, 0) is 6.42 Å². The average molecular weight is 431 g/mol. The van der Waals surface area contributed by atoms with Crippen molar-refractivity contribution in [2.45, 2.75) is 19.8 Å². The van der Waals surface area contributed by atoms with Crippen molar-refractivity contribution in [1.82, 2.24) is 15.0 Å². The maximum atomic E-state index is 12.7. The van der Waals surface area contributed by atoms with Gasteiger partial charge in [0.2, 0.25) is 0 Å². The molecule has 158 valence electrons. The van der Waals surface area contributed by atoms with Crippen LogP contribution < -0.4 is 11.1 Å². The minimum atomic E-state index is -1.07. The summed E-state index contributed by atoms with van der Waals surface area (Å²) >= 11 is 1.06. The number of H-pyrrole nitrogens is 1. The fourth-order valence-corrected chi connectivity index (χ4v) is 3.66. The number of rotatable bonds is 8. The molecule has 11 heteroatoms. The molecule has 0 aliphatic carbocycles. The van der Waals surface area contributed by atoms with Gasteiger partial charge in [0.25, 0.3) is 11.8 Å². The topological polar surface area (TPSA) is 162 Å². The number of thiazole rings is 1. The fourth-order valence-electron chi connectivity index (χ4n) is 2.98. The maximum Gasteiger partial charge on any atom is 0.352 e. The second-order valence-electron chi connectivity index (χ2n) is 6.45. The molecule has 2 aromatic heterocycles. The number of carboxylic acid groups (broad SMARTS) is 1. The summed E-state index contributed by atoms with van der Waals surface area (Å²) in [6.07, 6.45) is 1.08. The Morgan fingerprint density at radius 1 is 1.33 bits per heavy atom. The lowest BCUT2D eigenvalue weighted by Gasteiger charge is -2.09. The van der Waals surface area contributed by atoms with Gasteiger partial charge in [-0.1, -0.05) is 0 Å². The van der Waals surface area contributed by atoms with Crippen LogP contribution in [0, 0.1) is 0 Å². The second kappa shape index (κ2) is 9.03. The third kappa shape index (κ3) is 4.32. The van der Waals surface area contributed by atoms with E-state index in [-0.39, 0.29) is 23.1 Å². The molecule has 0 saturated carbocycles. The van der Waals surface area contributed by atoms with Crippen LogP contribution >= 0.6 is 11.3 Å². The van der Waals surface area contributed by atoms with Gasteiger partial charge < -0.3 is 15.8 Å². The Morgan fingerprint density at radius 3 is 2.77 bits per heavy atom. The third-order valence-electron chi connectivity index (χ3n) is 4.49. The number of fused-ring (bicyclic) bond motifs is 1. The molecule has 0 unspecified atom stereocenters. The number of aryl methyl sites for hydroxylation is 1. The Kier molecular flexibility index (Phi) is 6.45. The lowest BCUT2D eigenvalue weighted by atomic mass is 10.0. The highest BCUT2D eigenvalue weighted by molar-refractivity contribution is 7.14. The van der Waals surface area contributed by atoms with Crippen molar-refractivity contribution in [2.24, 2.45) is 5.73 Å². The number of hydrogen-bond acceptors (Lipinski definition) is 7. The van der Waals surface area contributed by atoms with E-state index in [2.05, 4.69) is 15.3 Å². The highest BCUT2D eigenvalue weighted by Crippen LogP contribution is 2.26. The van der Waals surface area contributed by atoms with Gasteiger partial charge in [0.15, 0.2) is 5.13 Å². The molecule has 0 bridgehead atoms. The molecule has 0 aliphatic heterocycles. The zero-order chi connectivity index (χ0) is 21.8. The van der Waals surface area contributed by atoms with Gasteiger partial charge >= 0.3 is 5.97 Å². The molecule has 2 heterocycles. The quantitative estimate of drug-likeness (QED) is 0.270. The molecule has 30 heavy (non-hydrogen) atoms. The summed E-state index contributed by atoms with van der Waals surface area (Å²) in [5, 5.41) is 24.4. The van der Waals surface area contributed by atoms with Gasteiger partial charge in [-0.2, -0.15) is 0 Å². The fraction of sp³-hybridized carbons (Fsp3) is 0.263. The minimum Gasteiger partial charge on any atom is -0.477 e. The number of nitrogens with one attached hydrogen (secondary N) is 2. The number of aromatic carboxylic acids is 1. The second-order valence-corrected chi connectivity index (χ2v) is 7.31. The van der Waals surface area contributed by atoms with Crippen molar-refractivity contribution in [2.75, 3.05) is 18.4 Å². The van der Waals surface area contributed by atoms with Crippen LogP contribution in [0.4, 0.5) is 5.13 Å². The SMILES string of the molecule is CCN(O)C(=O)c1csc(NC(=O)c2ccc3[nH]c(C(=O)O)c(CCCN)c3c2)n1. The standard InChI is InChI=1S/C19H21N5O5S/c1-2-24(29)17(26)14-9-30-19(22-14)23-16(25)10-5-6-13-12(8-10)11(4-3-7-20)15(21-13)18(27)28/h5-6,8-9,21,29H,2-4,7,20H2,1H3,(H,27,28)(H,22,23,25). The first kappa shape index (κ1) is 21.4. The van der Waals surface area contributed by atoms with Gasteiger partial charge in [-0.05, 0) is 50.1 Å². The van der Waals surface area contributed by atoms with Crippen molar-refractivity contribution < 1.29 is 24.7 Å². The van der Waals surface area contributed by atoms with Crippen molar-refractivity contribution in [3.63, 3.8) is 0 Å². The van der Waals surface area contributed by atoms with E-state index in [4.69, 9.17) is 5.73 Å². The Morgan fingerprint density at radius 2 is 2.10 bits per heavy atom. The summed E-state index contributed by atoms with van der Waals surface area (Å²) in [6, 6.07) is 4.83. The lowest BCUT2D eigenvalue weighted by Crippen LogP contribution is -2.27. The van der Waals surface area contributed by atoms with Crippen LogP contribution in [0.2, 0.25) is 0 Å². The first-order chi connectivity index (χ1) is 14.3. The number of hydroxylamine groups is 2. The Bertz CT molecular complexity index is 1110. The van der Waals surface area contributed by atoms with Gasteiger partial charge in [-0.25, -0.2) is 14.8 Å². The molecule has 3 aromatic rings. The summed E-state index contributed by atoms with van der Waals surface area (Å²) in [5.41, 5.74) is 7.19. The molecular weight excluding hydrogens is 410 g/mol. The highest BCUT2D eigenvalue weighted by atomic mass is 32.1. The van der Waals surface area contributed by atoms with Crippen molar-refractivity contribution in [3.05, 3.63) is 46.1 Å². The number of nitrogens with zero attached hydrogens (tertiary/aromatic N) is 2. The molecule has 0 atom stereocenters. The number of anilines is 1. The molecule has 6 N–H and O–H groups in total. The molecule has 0 saturated heterocycles. The zero-order valence-electron chi connectivity index (χ0n) is 16.1. The van der Waals surface area contributed by atoms with Gasteiger partial charge in [-0.3, -0.25) is 20.1 Å². The van der Waals surface area contributed by atoms with Crippen LogP contribution in [-0.4, -0.2) is 56.2 Å². The molecule has 1 aromatic carbocycles. The summed E-state index contributed by atoms with van der Waals surface area (Å²) < 4.78 is 0. The average Bonchev–Trinajstić information content (AvgIpc) is 3.35. The number of aromatic nitrogens is 2. The summed E-state index contributed by atoms with van der Waals surface area (Å²) in [5.74, 6) is -2.19. The molecule has 10 nitrogen and oxygen atoms in total. The number of carbonyl (C=O) groups is 3. The third-order valence-corrected chi connectivity index (χ3v) is 5.25. The van der Waals surface area contributed by atoms with E-state index in [1.807, 2.05) is 0 Å². The summed E-state index contributed by atoms with van der Waals surface area (Å²) in [4.78, 5) is 43.0. The number of aromatic amines is 1. The van der Waals surface area contributed by atoms with E-state index in [9.17, 15) is 24.7 Å². The van der Waals surface area contributed by atoms with Crippen molar-refractivity contribution >= 4 is 45.2 Å². The summed E-state index contributed by atoms with van der Waals surface area (Å²) in [7, 11) is 0. The van der Waals surface area contributed by atoms with Crippen LogP contribution in [0.1, 0.15) is 50.2 Å². The normalized spacial score (nSPS) is 10.9. The van der Waals surface area contributed by atoms with Crippen LogP contribution in [0.15, 0.2) is 23.6 Å². The maximum absolute atomic E-state index is 12.7. The largest absolute Gasteiger partial charge is 0.477 e. The van der Waals surface area contributed by atoms with Gasteiger partial charge in [0, 0.05) is 28.4 Å². The smallest absolute Gasteiger partial charge is 0.352 e. The number of hydrogen-bond donors (Lipinski definition) is 5. The molecule has 3 rings (SSSR count). The van der Waals surface area contributed by atoms with E-state index in [1.165, 1.54) is 5.38 Å². The molecule has 2 amide bonds. The number of benzene rings is 1. The monoisotopic (exact) mass is 431 g/mol. The minimum absolute atomic E-state index is 0.0240. The van der Waals surface area contributed by atoms with Gasteiger partial charge in [-0.15, -0.1) is 11.3 Å². The molecule has 0 fully saturated rings. The molecule has 0 spiro atoms. The molecule has 0 aliphatic rings. The number of carboxylic acids is 1. The van der Waals surface area contributed by atoms with Crippen LogP contribution in [0.5, 0.6) is 0 Å². The lowest BCUT2D eigenvalue weighted by molar-refractivity contribution is -0.0545. The van der Waals surface area contributed by atoms with E-state index < -0.39 is 17.8 Å². The van der Waals surface area contributed by atoms with Crippen LogP contribution in [0.25, 0.3) is 10.9 Å². The van der Waals surface area contributed by atoms with Crippen molar-refractivity contribution in [1.29, 1.82) is 0 Å². The predicted octanol–water partition coefficient (Wildman–Crippen LogP) is 2.32. The van der Waals surface area contributed by atoms with Crippen LogP contribution in [0.3, 0.4) is 0 Å². The van der Waals surface area contributed by atoms with E-state index >= 15 is 0 Å². The van der Waals surface area contributed by atoms with E-state index in [0.717, 1.165) is 11.3 Å². The number of nitrogens with two attached hydrogens (primary N) is 1. The van der Waals surface area contributed by atoms with Crippen molar-refractivity contribution in [3.8, 4) is 0 Å². The molecule has 0 radical (unpaired) electrons. The Labute approximate surface area is 175 Å². The van der Waals surface area contributed by atoms with Gasteiger partial charge in [0.1, 0.15) is 11.4 Å². The number of amides is 2. The first-order valence-corrected chi connectivity index (χ1v) is 10.1. The molecular formula is C19H21N5O5S. The van der Waals surface area contributed by atoms with E-state index in [1.54, 1.807) is 25.1 Å². The van der Waals surface area contributed by atoms with Gasteiger partial charge in [0.05, 0.1) is 0 Å². The van der Waals surface area contributed by atoms with E-state index in [0.29, 0.717) is 46.5 Å². The number of carbonyl (C=O) groups excluding carboxylic acids is 2. The highest BCUT2D eigenvalue weighted by Gasteiger charge is 2.20.